The van der Waals surface area contributed by atoms with Crippen LogP contribution in [-0.2, 0) is 0 Å². The minimum Gasteiger partial charge on any atom is -0.300 e. The Kier molecular flexibility index (Phi) is 4.33. The molecule has 2 saturated carbocycles. The Morgan fingerprint density at radius 3 is 2.75 bits per heavy atom. The van der Waals surface area contributed by atoms with Crippen molar-refractivity contribution in [3.05, 3.63) is 0 Å². The maximum atomic E-state index is 9.52. The number of nitrogens with zero attached hydrogens (tertiary/aromatic N) is 2. The third-order valence-corrected chi connectivity index (χ3v) is 6.06. The fourth-order valence-electron chi connectivity index (χ4n) is 4.93. The molecule has 2 aliphatic carbocycles. The van der Waals surface area contributed by atoms with Crippen LogP contribution in [0, 0.1) is 23.2 Å². The van der Waals surface area contributed by atoms with Gasteiger partial charge >= 0.3 is 0 Å². The molecule has 0 aromatic rings. The highest BCUT2D eigenvalue weighted by atomic mass is 15.2. The Labute approximate surface area is 123 Å². The molecule has 4 atom stereocenters. The first-order valence-electron chi connectivity index (χ1n) is 8.66. The maximum Gasteiger partial charge on any atom is 0.108 e. The molecule has 3 aliphatic rings. The lowest BCUT2D eigenvalue weighted by Gasteiger charge is -2.44. The molecule has 0 amide bonds. The third-order valence-electron chi connectivity index (χ3n) is 6.06. The summed E-state index contributed by atoms with van der Waals surface area (Å²) in [6.45, 7) is 5.60. The van der Waals surface area contributed by atoms with E-state index in [2.05, 4.69) is 23.2 Å². The SMILES string of the molecule is CCNC1(C#N)CCC(N2CCC3CCCCC3C2)C1. The molecule has 0 aromatic heterocycles. The van der Waals surface area contributed by atoms with E-state index >= 15 is 0 Å². The molecule has 0 spiro atoms. The molecule has 3 fully saturated rings. The van der Waals surface area contributed by atoms with Crippen molar-refractivity contribution in [2.45, 2.75) is 69.9 Å². The number of hydrogen-bond acceptors (Lipinski definition) is 3. The largest absolute Gasteiger partial charge is 0.300 e. The molecule has 1 N–H and O–H groups in total. The van der Waals surface area contributed by atoms with Crippen molar-refractivity contribution in [3.8, 4) is 6.07 Å². The molecule has 112 valence electrons. The van der Waals surface area contributed by atoms with Crippen LogP contribution in [0.5, 0.6) is 0 Å². The molecular weight excluding hydrogens is 246 g/mol. The van der Waals surface area contributed by atoms with E-state index in [9.17, 15) is 5.26 Å². The van der Waals surface area contributed by atoms with Crippen LogP contribution in [0.1, 0.15) is 58.3 Å². The number of nitrogens with one attached hydrogen (secondary N) is 1. The van der Waals surface area contributed by atoms with Gasteiger partial charge in [-0.15, -0.1) is 0 Å². The summed E-state index contributed by atoms with van der Waals surface area (Å²) in [4.78, 5) is 2.73. The van der Waals surface area contributed by atoms with Gasteiger partial charge in [0.2, 0.25) is 0 Å². The number of likely N-dealkylation sites (tertiary alicyclic amines) is 1. The van der Waals surface area contributed by atoms with Crippen LogP contribution in [0.4, 0.5) is 0 Å². The van der Waals surface area contributed by atoms with Crippen molar-refractivity contribution in [2.24, 2.45) is 11.8 Å². The summed E-state index contributed by atoms with van der Waals surface area (Å²) in [7, 11) is 0. The molecule has 1 aliphatic heterocycles. The Bertz CT molecular complexity index is 375. The highest BCUT2D eigenvalue weighted by Gasteiger charge is 2.43. The van der Waals surface area contributed by atoms with Crippen LogP contribution >= 0.6 is 0 Å². The molecule has 0 bridgehead atoms. The minimum atomic E-state index is -0.233. The zero-order valence-corrected chi connectivity index (χ0v) is 12.9. The summed E-state index contributed by atoms with van der Waals surface area (Å²) in [6, 6.07) is 3.22. The normalized spacial score (nSPS) is 42.1. The van der Waals surface area contributed by atoms with Crippen molar-refractivity contribution in [3.63, 3.8) is 0 Å². The summed E-state index contributed by atoms with van der Waals surface area (Å²) in [5, 5.41) is 13.0. The first kappa shape index (κ1) is 14.4. The van der Waals surface area contributed by atoms with E-state index in [1.54, 1.807) is 0 Å². The van der Waals surface area contributed by atoms with E-state index in [0.29, 0.717) is 6.04 Å². The average Bonchev–Trinajstić information content (AvgIpc) is 2.92. The first-order valence-corrected chi connectivity index (χ1v) is 8.66. The smallest absolute Gasteiger partial charge is 0.108 e. The highest BCUT2D eigenvalue weighted by Crippen LogP contribution is 2.40. The molecule has 1 saturated heterocycles. The van der Waals surface area contributed by atoms with Crippen molar-refractivity contribution < 1.29 is 0 Å². The molecule has 0 aromatic carbocycles. The molecule has 0 radical (unpaired) electrons. The molecular formula is C17H29N3. The van der Waals surface area contributed by atoms with Gasteiger partial charge in [0.1, 0.15) is 5.54 Å². The summed E-state index contributed by atoms with van der Waals surface area (Å²) < 4.78 is 0. The van der Waals surface area contributed by atoms with E-state index in [4.69, 9.17) is 0 Å². The van der Waals surface area contributed by atoms with Crippen molar-refractivity contribution in [1.29, 1.82) is 5.26 Å². The lowest BCUT2D eigenvalue weighted by Crippen LogP contribution is -2.48. The van der Waals surface area contributed by atoms with Crippen molar-refractivity contribution >= 4 is 0 Å². The summed E-state index contributed by atoms with van der Waals surface area (Å²) in [5.41, 5.74) is -0.233. The van der Waals surface area contributed by atoms with Crippen molar-refractivity contribution in [2.75, 3.05) is 19.6 Å². The molecule has 1 heterocycles. The fourth-order valence-corrected chi connectivity index (χ4v) is 4.93. The van der Waals surface area contributed by atoms with E-state index in [0.717, 1.165) is 31.2 Å². The van der Waals surface area contributed by atoms with Gasteiger partial charge in [0.25, 0.3) is 0 Å². The zero-order chi connectivity index (χ0) is 14.0. The van der Waals surface area contributed by atoms with Gasteiger partial charge in [0.05, 0.1) is 6.07 Å². The molecule has 4 unspecified atom stereocenters. The second-order valence-electron chi connectivity index (χ2n) is 7.21. The van der Waals surface area contributed by atoms with Crippen LogP contribution in [0.3, 0.4) is 0 Å². The Hall–Kier alpha value is -0.590. The van der Waals surface area contributed by atoms with Gasteiger partial charge in [0.15, 0.2) is 0 Å². The van der Waals surface area contributed by atoms with Crippen LogP contribution < -0.4 is 5.32 Å². The number of hydrogen-bond donors (Lipinski definition) is 1. The number of piperidine rings is 1. The van der Waals surface area contributed by atoms with Gasteiger partial charge < -0.3 is 0 Å². The lowest BCUT2D eigenvalue weighted by atomic mass is 9.75. The predicted octanol–water partition coefficient (Wildman–Crippen LogP) is 2.92. The molecule has 20 heavy (non-hydrogen) atoms. The molecule has 3 heteroatoms. The van der Waals surface area contributed by atoms with Crippen molar-refractivity contribution in [1.82, 2.24) is 10.2 Å². The van der Waals surface area contributed by atoms with E-state index in [-0.39, 0.29) is 5.54 Å². The highest BCUT2D eigenvalue weighted by molar-refractivity contribution is 5.13. The predicted molar refractivity (Wildman–Crippen MR) is 81.3 cm³/mol. The molecule has 3 rings (SSSR count). The van der Waals surface area contributed by atoms with Crippen LogP contribution in [0.2, 0.25) is 0 Å². The van der Waals surface area contributed by atoms with Gasteiger partial charge in [-0.2, -0.15) is 5.26 Å². The van der Waals surface area contributed by atoms with Gasteiger partial charge in [-0.05, 0) is 57.0 Å². The fraction of sp³-hybridized carbons (Fsp3) is 0.941. The van der Waals surface area contributed by atoms with Gasteiger partial charge in [0, 0.05) is 12.6 Å². The zero-order valence-electron chi connectivity index (χ0n) is 12.9. The quantitative estimate of drug-likeness (QED) is 0.861. The number of nitriles is 1. The summed E-state index contributed by atoms with van der Waals surface area (Å²) >= 11 is 0. The van der Waals surface area contributed by atoms with E-state index < -0.39 is 0 Å². The van der Waals surface area contributed by atoms with Gasteiger partial charge in [-0.1, -0.05) is 26.2 Å². The van der Waals surface area contributed by atoms with Gasteiger partial charge in [-0.3, -0.25) is 10.2 Å². The van der Waals surface area contributed by atoms with Gasteiger partial charge in [-0.25, -0.2) is 0 Å². The minimum absolute atomic E-state index is 0.233. The maximum absolute atomic E-state index is 9.52. The Morgan fingerprint density at radius 2 is 2.00 bits per heavy atom. The lowest BCUT2D eigenvalue weighted by molar-refractivity contribution is 0.0569. The Balaban J connectivity index is 1.59. The van der Waals surface area contributed by atoms with Crippen LogP contribution in [-0.4, -0.2) is 36.1 Å². The number of rotatable bonds is 3. The monoisotopic (exact) mass is 275 g/mol. The topological polar surface area (TPSA) is 39.1 Å². The average molecular weight is 275 g/mol. The molecule has 3 nitrogen and oxygen atoms in total. The summed E-state index contributed by atoms with van der Waals surface area (Å²) in [5.74, 6) is 1.96. The first-order chi connectivity index (χ1) is 9.76. The second kappa shape index (κ2) is 6.03. The van der Waals surface area contributed by atoms with Crippen LogP contribution in [0.15, 0.2) is 0 Å². The van der Waals surface area contributed by atoms with Crippen LogP contribution in [0.25, 0.3) is 0 Å². The van der Waals surface area contributed by atoms with E-state index in [1.807, 2.05) is 0 Å². The second-order valence-corrected chi connectivity index (χ2v) is 7.21. The summed E-state index contributed by atoms with van der Waals surface area (Å²) in [6.07, 6.45) is 10.5. The standard InChI is InChI=1S/C17H29N3/c1-2-19-17(13-18)9-7-16(11-17)20-10-8-14-5-3-4-6-15(14)12-20/h14-16,19H,2-12H2,1H3. The van der Waals surface area contributed by atoms with E-state index in [1.165, 1.54) is 51.6 Å². The number of fused-ring (bicyclic) bond motifs is 1. The third kappa shape index (κ3) is 2.73. The Morgan fingerprint density at radius 1 is 1.20 bits per heavy atom.